The number of fused-ring (bicyclic) bond motifs is 1. The number of piperazine rings is 1. The number of benzene rings is 3. The lowest BCUT2D eigenvalue weighted by Gasteiger charge is -2.37. The van der Waals surface area contributed by atoms with E-state index in [4.69, 9.17) is 0 Å². The first-order chi connectivity index (χ1) is 21.4. The lowest BCUT2D eigenvalue weighted by molar-refractivity contribution is -0.118. The summed E-state index contributed by atoms with van der Waals surface area (Å²) in [5.74, 6) is -0.934. The summed E-state index contributed by atoms with van der Waals surface area (Å²) in [4.78, 5) is 37.1. The monoisotopic (exact) mass is 630 g/mol. The Morgan fingerprint density at radius 3 is 2.36 bits per heavy atom. The number of carbonyl (C=O) groups is 2. The normalized spacial score (nSPS) is 15.2. The van der Waals surface area contributed by atoms with Crippen molar-refractivity contribution in [3.63, 3.8) is 0 Å². The number of nitrogens with zero attached hydrogens (tertiary/aromatic N) is 3. The maximum absolute atomic E-state index is 14.1. The molecule has 0 saturated carbocycles. The maximum atomic E-state index is 14.1. The molecule has 3 N–H and O–H groups in total. The molecular formula is C34H42N6O4S. The van der Waals surface area contributed by atoms with E-state index in [0.717, 1.165) is 34.0 Å². The predicted molar refractivity (Wildman–Crippen MR) is 180 cm³/mol. The Hall–Kier alpha value is -4.35. The van der Waals surface area contributed by atoms with Gasteiger partial charge in [-0.3, -0.25) is 4.79 Å². The molecule has 0 radical (unpaired) electrons. The van der Waals surface area contributed by atoms with Crippen LogP contribution in [-0.4, -0.2) is 87.7 Å². The van der Waals surface area contributed by atoms with E-state index in [-0.39, 0.29) is 16.6 Å². The number of hydrogen-bond donors (Lipinski definition) is 3. The van der Waals surface area contributed by atoms with Crippen molar-refractivity contribution in [2.24, 2.45) is 0 Å². The highest BCUT2D eigenvalue weighted by molar-refractivity contribution is 7.90. The van der Waals surface area contributed by atoms with Crippen LogP contribution in [0.4, 0.5) is 16.2 Å². The fraction of sp³-hybridized carbons (Fsp3) is 0.353. The van der Waals surface area contributed by atoms with Gasteiger partial charge in [0.25, 0.3) is 0 Å². The number of nitrogens with one attached hydrogen (secondary N) is 3. The molecule has 0 aliphatic carbocycles. The van der Waals surface area contributed by atoms with Crippen molar-refractivity contribution in [2.45, 2.75) is 37.2 Å². The van der Waals surface area contributed by atoms with Crippen LogP contribution in [0.3, 0.4) is 0 Å². The molecule has 3 amide bonds. The number of urea groups is 1. The summed E-state index contributed by atoms with van der Waals surface area (Å²) in [6, 6.07) is 19.6. The molecule has 0 unspecified atom stereocenters. The Balaban J connectivity index is 1.41. The zero-order valence-electron chi connectivity index (χ0n) is 26.5. The summed E-state index contributed by atoms with van der Waals surface area (Å²) >= 11 is 0. The van der Waals surface area contributed by atoms with E-state index in [1.54, 1.807) is 17.0 Å². The van der Waals surface area contributed by atoms with Crippen molar-refractivity contribution in [2.75, 3.05) is 56.7 Å². The van der Waals surface area contributed by atoms with E-state index >= 15 is 0 Å². The molecule has 10 nitrogen and oxygen atoms in total. The van der Waals surface area contributed by atoms with Gasteiger partial charge in [-0.1, -0.05) is 49.4 Å². The number of sulfone groups is 1. The molecule has 4 aromatic rings. The summed E-state index contributed by atoms with van der Waals surface area (Å²) in [6.45, 7) is 6.88. The summed E-state index contributed by atoms with van der Waals surface area (Å²) in [6.07, 6.45) is 2.98. The fourth-order valence-electron chi connectivity index (χ4n) is 6.03. The average molecular weight is 631 g/mol. The molecule has 2 atom stereocenters. The topological polar surface area (TPSA) is 118 Å². The predicted octanol–water partition coefficient (Wildman–Crippen LogP) is 4.58. The highest BCUT2D eigenvalue weighted by Gasteiger charge is 2.33. The van der Waals surface area contributed by atoms with Crippen LogP contribution >= 0.6 is 0 Å². The first-order valence-corrected chi connectivity index (χ1v) is 17.0. The van der Waals surface area contributed by atoms with E-state index in [2.05, 4.69) is 39.6 Å². The molecule has 1 fully saturated rings. The summed E-state index contributed by atoms with van der Waals surface area (Å²) in [7, 11) is 0.182. The molecule has 45 heavy (non-hydrogen) atoms. The summed E-state index contributed by atoms with van der Waals surface area (Å²) in [5, 5.41) is 6.84. The number of anilines is 2. The van der Waals surface area contributed by atoms with E-state index in [9.17, 15) is 18.0 Å². The van der Waals surface area contributed by atoms with Crippen LogP contribution in [0, 0.1) is 6.92 Å². The zero-order valence-corrected chi connectivity index (χ0v) is 27.3. The van der Waals surface area contributed by atoms with E-state index in [0.29, 0.717) is 32.7 Å². The second kappa shape index (κ2) is 13.3. The molecule has 238 valence electrons. The Morgan fingerprint density at radius 2 is 1.67 bits per heavy atom. The first kappa shape index (κ1) is 32.1. The van der Waals surface area contributed by atoms with Gasteiger partial charge in [-0.2, -0.15) is 0 Å². The highest BCUT2D eigenvalue weighted by atomic mass is 32.2. The minimum absolute atomic E-state index is 0.0236. The Morgan fingerprint density at radius 1 is 0.978 bits per heavy atom. The number of carbonyl (C=O) groups excluding carboxylic acids is 2. The summed E-state index contributed by atoms with van der Waals surface area (Å²) < 4.78 is 25.4. The van der Waals surface area contributed by atoms with Crippen molar-refractivity contribution in [1.29, 1.82) is 0 Å². The Kier molecular flexibility index (Phi) is 9.50. The third-order valence-electron chi connectivity index (χ3n) is 8.40. The first-order valence-electron chi connectivity index (χ1n) is 15.1. The van der Waals surface area contributed by atoms with Gasteiger partial charge in [-0.05, 0) is 62.0 Å². The Labute approximate surface area is 265 Å². The Bertz CT molecular complexity index is 1790. The van der Waals surface area contributed by atoms with Crippen LogP contribution in [0.15, 0.2) is 77.8 Å². The highest BCUT2D eigenvalue weighted by Crippen LogP contribution is 2.30. The third-order valence-corrected chi connectivity index (χ3v) is 9.55. The second-order valence-corrected chi connectivity index (χ2v) is 14.1. The quantitative estimate of drug-likeness (QED) is 0.249. The molecule has 1 aliphatic heterocycles. The molecule has 0 bridgehead atoms. The third kappa shape index (κ3) is 7.32. The second-order valence-electron chi connectivity index (χ2n) is 12.1. The molecule has 1 saturated heterocycles. The number of para-hydroxylation sites is 2. The van der Waals surface area contributed by atoms with E-state index in [1.807, 2.05) is 68.5 Å². The van der Waals surface area contributed by atoms with E-state index < -0.39 is 27.7 Å². The molecule has 5 rings (SSSR count). The van der Waals surface area contributed by atoms with Gasteiger partial charge >= 0.3 is 6.03 Å². The van der Waals surface area contributed by atoms with Gasteiger partial charge in [0.1, 0.15) is 6.04 Å². The number of aromatic amines is 1. The van der Waals surface area contributed by atoms with Crippen LogP contribution in [0.1, 0.15) is 29.5 Å². The molecule has 2 heterocycles. The average Bonchev–Trinajstić information content (AvgIpc) is 3.43. The molecule has 11 heteroatoms. The van der Waals surface area contributed by atoms with Gasteiger partial charge in [-0.15, -0.1) is 0 Å². The minimum atomic E-state index is -3.65. The number of hydrogen-bond acceptors (Lipinski definition) is 6. The van der Waals surface area contributed by atoms with Gasteiger partial charge in [0.05, 0.1) is 10.6 Å². The number of rotatable bonds is 9. The molecule has 0 spiro atoms. The lowest BCUT2D eigenvalue weighted by Crippen LogP contribution is -2.56. The lowest BCUT2D eigenvalue weighted by atomic mass is 9.92. The number of amides is 3. The minimum Gasteiger partial charge on any atom is -0.368 e. The fourth-order valence-corrected chi connectivity index (χ4v) is 6.86. The molecule has 1 aromatic heterocycles. The van der Waals surface area contributed by atoms with Crippen molar-refractivity contribution >= 4 is 44.1 Å². The van der Waals surface area contributed by atoms with Crippen molar-refractivity contribution in [3.8, 4) is 0 Å². The SMILES string of the molecule is Cc1ccccc1N1CCN(C(=O)N[C@@H](C(=O)Nc2cc(CN(C)C)ccc2S(C)(=O)=O)[C@@H](C)c2c[nH]c3ccccc23)CC1. The standard InChI is InChI=1S/C34H42N6O4S/c1-23-10-6-9-13-30(23)39-16-18-40(19-17-39)34(42)37-32(24(2)27-21-35-28-12-8-7-11-26(27)28)33(41)36-29-20-25(22-38(3)4)14-15-31(29)45(5,43)44/h6-15,20-21,24,32,35H,16-19,22H2,1-5H3,(H,36,41)(H,37,42)/t24-,32+/m0/s1. The van der Waals surface area contributed by atoms with E-state index in [1.165, 1.54) is 11.6 Å². The number of aromatic nitrogens is 1. The smallest absolute Gasteiger partial charge is 0.318 e. The molecular weight excluding hydrogens is 588 g/mol. The van der Waals surface area contributed by atoms with Crippen LogP contribution in [0.25, 0.3) is 10.9 Å². The molecule has 3 aromatic carbocycles. The van der Waals surface area contributed by atoms with Gasteiger partial charge < -0.3 is 30.3 Å². The number of H-pyrrole nitrogens is 1. The molecule has 1 aliphatic rings. The van der Waals surface area contributed by atoms with Gasteiger partial charge in [0.2, 0.25) is 5.91 Å². The van der Waals surface area contributed by atoms with Crippen LogP contribution in [0.5, 0.6) is 0 Å². The maximum Gasteiger partial charge on any atom is 0.318 e. The summed E-state index contributed by atoms with van der Waals surface area (Å²) in [5.41, 5.74) is 5.18. The van der Waals surface area contributed by atoms with Crippen LogP contribution < -0.4 is 15.5 Å². The number of aryl methyl sites for hydroxylation is 1. The van der Waals surface area contributed by atoms with Gasteiger partial charge in [0.15, 0.2) is 9.84 Å². The van der Waals surface area contributed by atoms with Gasteiger partial charge in [0, 0.05) is 67.7 Å². The van der Waals surface area contributed by atoms with Crippen molar-refractivity contribution < 1.29 is 18.0 Å². The van der Waals surface area contributed by atoms with Crippen LogP contribution in [-0.2, 0) is 21.2 Å². The zero-order chi connectivity index (χ0) is 32.3. The van der Waals surface area contributed by atoms with Crippen molar-refractivity contribution in [1.82, 2.24) is 20.1 Å². The van der Waals surface area contributed by atoms with Crippen LogP contribution in [0.2, 0.25) is 0 Å². The van der Waals surface area contributed by atoms with Gasteiger partial charge in [-0.25, -0.2) is 13.2 Å². The largest absolute Gasteiger partial charge is 0.368 e. The van der Waals surface area contributed by atoms with Crippen molar-refractivity contribution in [3.05, 3.63) is 89.6 Å².